The van der Waals surface area contributed by atoms with E-state index in [0.29, 0.717) is 12.1 Å². The minimum atomic E-state index is 0.401. The fourth-order valence-corrected chi connectivity index (χ4v) is 7.12. The Labute approximate surface area is 312 Å². The Morgan fingerprint density at radius 2 is 0.920 bits per heavy atom. The summed E-state index contributed by atoms with van der Waals surface area (Å²) in [7, 11) is 8.54. The van der Waals surface area contributed by atoms with Crippen LogP contribution in [0.1, 0.15) is 102 Å². The SMILES string of the molecule is CC(CCCN(C)C)Nc1cc(CCCCCCCCCCc2cc(NC(C)CCCN(C)C)c3ccc(Cl)cc3n2)nc2cc(Cl)ccc12. The van der Waals surface area contributed by atoms with Gasteiger partial charge in [0, 0.05) is 55.7 Å². The Morgan fingerprint density at radius 1 is 0.540 bits per heavy atom. The monoisotopic (exact) mass is 720 g/mol. The predicted octanol–water partition coefficient (Wildman–Crippen LogP) is 11.3. The summed E-state index contributed by atoms with van der Waals surface area (Å²) in [6, 6.07) is 17.5. The van der Waals surface area contributed by atoms with E-state index < -0.39 is 0 Å². The maximum atomic E-state index is 6.36. The summed E-state index contributed by atoms with van der Waals surface area (Å²) < 4.78 is 0. The minimum Gasteiger partial charge on any atom is -0.382 e. The molecule has 0 amide bonds. The van der Waals surface area contributed by atoms with Crippen LogP contribution in [-0.4, -0.2) is 73.1 Å². The summed E-state index contributed by atoms with van der Waals surface area (Å²) in [4.78, 5) is 14.5. The van der Waals surface area contributed by atoms with Gasteiger partial charge in [0.15, 0.2) is 0 Å². The van der Waals surface area contributed by atoms with E-state index >= 15 is 0 Å². The molecule has 0 radical (unpaired) electrons. The molecular formula is C42H62Cl2N6. The number of nitrogens with zero attached hydrogens (tertiary/aromatic N) is 4. The molecule has 0 saturated carbocycles. The molecule has 2 aromatic carbocycles. The van der Waals surface area contributed by atoms with Gasteiger partial charge in [0.2, 0.25) is 0 Å². The molecule has 0 spiro atoms. The van der Waals surface area contributed by atoms with E-state index in [4.69, 9.17) is 33.2 Å². The number of nitrogens with one attached hydrogen (secondary N) is 2. The van der Waals surface area contributed by atoms with E-state index in [9.17, 15) is 0 Å². The number of benzene rings is 2. The van der Waals surface area contributed by atoms with Crippen LogP contribution in [0.25, 0.3) is 21.8 Å². The first-order chi connectivity index (χ1) is 24.1. The largest absolute Gasteiger partial charge is 0.382 e. The van der Waals surface area contributed by atoms with Crippen LogP contribution in [-0.2, 0) is 12.8 Å². The molecule has 0 saturated heterocycles. The normalized spacial score (nSPS) is 13.1. The van der Waals surface area contributed by atoms with Gasteiger partial charge in [-0.3, -0.25) is 9.97 Å². The third-order valence-electron chi connectivity index (χ3n) is 9.55. The van der Waals surface area contributed by atoms with E-state index in [0.717, 1.165) is 82.0 Å². The molecule has 2 aromatic heterocycles. The quantitative estimate of drug-likeness (QED) is 0.0744. The van der Waals surface area contributed by atoms with Crippen molar-refractivity contribution in [3.63, 3.8) is 0 Å². The van der Waals surface area contributed by atoms with Gasteiger partial charge in [0.25, 0.3) is 0 Å². The lowest BCUT2D eigenvalue weighted by molar-refractivity contribution is 0.390. The van der Waals surface area contributed by atoms with Crippen molar-refractivity contribution in [2.45, 2.75) is 116 Å². The van der Waals surface area contributed by atoms with Crippen molar-refractivity contribution >= 4 is 56.4 Å². The summed E-state index contributed by atoms with van der Waals surface area (Å²) >= 11 is 12.7. The summed E-state index contributed by atoms with van der Waals surface area (Å²) in [6.45, 7) is 6.77. The third kappa shape index (κ3) is 13.8. The number of hydrogen-bond acceptors (Lipinski definition) is 6. The van der Waals surface area contributed by atoms with Crippen LogP contribution < -0.4 is 10.6 Å². The molecular weight excluding hydrogens is 659 g/mol. The van der Waals surface area contributed by atoms with E-state index in [2.05, 4.69) is 86.7 Å². The lowest BCUT2D eigenvalue weighted by Crippen LogP contribution is -2.19. The number of hydrogen-bond donors (Lipinski definition) is 2. The second kappa shape index (κ2) is 21.0. The Kier molecular flexibility index (Phi) is 16.9. The highest BCUT2D eigenvalue weighted by molar-refractivity contribution is 6.31. The highest BCUT2D eigenvalue weighted by atomic mass is 35.5. The zero-order valence-electron chi connectivity index (χ0n) is 31.6. The van der Waals surface area contributed by atoms with Gasteiger partial charge in [-0.25, -0.2) is 0 Å². The van der Waals surface area contributed by atoms with E-state index in [-0.39, 0.29) is 0 Å². The highest BCUT2D eigenvalue weighted by Crippen LogP contribution is 2.29. The van der Waals surface area contributed by atoms with E-state index in [1.807, 2.05) is 24.3 Å². The molecule has 8 heteroatoms. The van der Waals surface area contributed by atoms with Crippen molar-refractivity contribution in [2.24, 2.45) is 0 Å². The number of anilines is 2. The average Bonchev–Trinajstić information content (AvgIpc) is 3.04. The molecule has 274 valence electrons. The van der Waals surface area contributed by atoms with Crippen LogP contribution in [0.3, 0.4) is 0 Å². The van der Waals surface area contributed by atoms with Crippen LogP contribution >= 0.6 is 23.2 Å². The van der Waals surface area contributed by atoms with Gasteiger partial charge in [-0.15, -0.1) is 0 Å². The Balaban J connectivity index is 1.18. The van der Waals surface area contributed by atoms with Crippen molar-refractivity contribution in [3.8, 4) is 0 Å². The number of aryl methyl sites for hydroxylation is 2. The summed E-state index contributed by atoms with van der Waals surface area (Å²) in [5.74, 6) is 0. The first-order valence-electron chi connectivity index (χ1n) is 19.1. The van der Waals surface area contributed by atoms with Crippen LogP contribution in [0.5, 0.6) is 0 Å². The molecule has 2 atom stereocenters. The van der Waals surface area contributed by atoms with Gasteiger partial charge in [-0.05, 0) is 155 Å². The van der Waals surface area contributed by atoms with E-state index in [1.54, 1.807) is 0 Å². The number of pyridine rings is 2. The molecule has 0 aliphatic heterocycles. The van der Waals surface area contributed by atoms with Crippen LogP contribution in [0, 0.1) is 0 Å². The van der Waals surface area contributed by atoms with Crippen molar-refractivity contribution in [1.82, 2.24) is 19.8 Å². The molecule has 50 heavy (non-hydrogen) atoms. The zero-order valence-corrected chi connectivity index (χ0v) is 33.1. The van der Waals surface area contributed by atoms with Crippen molar-refractivity contribution in [2.75, 3.05) is 51.9 Å². The second-order valence-corrected chi connectivity index (χ2v) is 15.8. The summed E-state index contributed by atoms with van der Waals surface area (Å²) in [5.41, 5.74) is 6.64. The topological polar surface area (TPSA) is 56.3 Å². The molecule has 0 aliphatic carbocycles. The smallest absolute Gasteiger partial charge is 0.0740 e. The number of fused-ring (bicyclic) bond motifs is 2. The zero-order chi connectivity index (χ0) is 35.9. The van der Waals surface area contributed by atoms with Crippen molar-refractivity contribution in [1.29, 1.82) is 0 Å². The maximum absolute atomic E-state index is 6.36. The Hall–Kier alpha value is -2.64. The fourth-order valence-electron chi connectivity index (χ4n) is 6.78. The first-order valence-corrected chi connectivity index (χ1v) is 19.8. The maximum Gasteiger partial charge on any atom is 0.0740 e. The fraction of sp³-hybridized carbons (Fsp3) is 0.571. The Bertz CT molecular complexity index is 1490. The molecule has 2 N–H and O–H groups in total. The van der Waals surface area contributed by atoms with Gasteiger partial charge in [0.05, 0.1) is 11.0 Å². The van der Waals surface area contributed by atoms with Crippen LogP contribution in [0.4, 0.5) is 11.4 Å². The third-order valence-corrected chi connectivity index (χ3v) is 10.0. The number of unbranched alkanes of at least 4 members (excludes halogenated alkanes) is 7. The van der Waals surface area contributed by atoms with Crippen molar-refractivity contribution in [3.05, 3.63) is 70.0 Å². The molecule has 0 aliphatic rings. The first kappa shape index (κ1) is 40.1. The molecule has 4 aromatic rings. The minimum absolute atomic E-state index is 0.401. The number of halogens is 2. The highest BCUT2D eigenvalue weighted by Gasteiger charge is 2.12. The van der Waals surface area contributed by atoms with E-state index in [1.165, 1.54) is 75.6 Å². The summed E-state index contributed by atoms with van der Waals surface area (Å²) in [6.07, 6.45) is 16.6. The Morgan fingerprint density at radius 3 is 1.30 bits per heavy atom. The van der Waals surface area contributed by atoms with Crippen molar-refractivity contribution < 1.29 is 0 Å². The molecule has 6 nitrogen and oxygen atoms in total. The van der Waals surface area contributed by atoms with Crippen LogP contribution in [0.2, 0.25) is 10.0 Å². The number of aromatic nitrogens is 2. The van der Waals surface area contributed by atoms with Gasteiger partial charge in [-0.2, -0.15) is 0 Å². The molecule has 4 rings (SSSR count). The van der Waals surface area contributed by atoms with Gasteiger partial charge >= 0.3 is 0 Å². The molecule has 2 heterocycles. The second-order valence-electron chi connectivity index (χ2n) is 15.0. The lowest BCUT2D eigenvalue weighted by atomic mass is 10.0. The lowest BCUT2D eigenvalue weighted by Gasteiger charge is -2.19. The molecule has 2 unspecified atom stereocenters. The predicted molar refractivity (Wildman–Crippen MR) is 220 cm³/mol. The average molecular weight is 722 g/mol. The molecule has 0 fully saturated rings. The van der Waals surface area contributed by atoms with Gasteiger partial charge < -0.3 is 20.4 Å². The number of rotatable bonds is 23. The van der Waals surface area contributed by atoms with Gasteiger partial charge in [-0.1, -0.05) is 61.7 Å². The standard InChI is InChI=1S/C42H62Cl2N6/c1-31(17-15-25-49(3)4)45-41-29-35(47-39-27-33(43)21-23-37(39)41)19-13-11-9-7-8-10-12-14-20-36-30-42(46-32(2)18-16-26-50(5)6)38-24-22-34(44)28-40(38)48-36/h21-24,27-32H,7-20,25-26H2,1-6H3,(H,45,47)(H,46,48). The van der Waals surface area contributed by atoms with Gasteiger partial charge in [0.1, 0.15) is 0 Å². The molecule has 0 bridgehead atoms. The van der Waals surface area contributed by atoms with Crippen LogP contribution in [0.15, 0.2) is 48.5 Å². The summed E-state index contributed by atoms with van der Waals surface area (Å²) in [5, 5.41) is 11.3.